The Hall–Kier alpha value is -2.15. The average molecular weight is 392 g/mol. The standard InChI is InChI=1S/C17H15Cl2N5S/c18-14-7-5-12(6-8-14)9-20-17(25)22-16-21-11-24(23-16)10-13-3-1-2-4-15(13)19/h1-8,11H,9-10H2,(H2,20,22,23,25). The first-order chi connectivity index (χ1) is 12.1. The predicted octanol–water partition coefficient (Wildman–Crippen LogP) is 4.12. The van der Waals surface area contributed by atoms with Gasteiger partial charge in [0.15, 0.2) is 5.11 Å². The van der Waals surface area contributed by atoms with E-state index in [9.17, 15) is 0 Å². The molecule has 0 atom stereocenters. The molecule has 1 heterocycles. The molecule has 0 aliphatic heterocycles. The second-order valence-corrected chi connectivity index (χ2v) is 6.54. The summed E-state index contributed by atoms with van der Waals surface area (Å²) in [6, 6.07) is 15.2. The van der Waals surface area contributed by atoms with Crippen molar-refractivity contribution in [2.75, 3.05) is 5.32 Å². The maximum absolute atomic E-state index is 6.16. The van der Waals surface area contributed by atoms with E-state index in [-0.39, 0.29) is 0 Å². The van der Waals surface area contributed by atoms with E-state index in [1.807, 2.05) is 48.5 Å². The first-order valence-electron chi connectivity index (χ1n) is 7.52. The van der Waals surface area contributed by atoms with Gasteiger partial charge < -0.3 is 5.32 Å². The fourth-order valence-corrected chi connectivity index (χ4v) is 2.64. The van der Waals surface area contributed by atoms with Crippen molar-refractivity contribution in [1.29, 1.82) is 0 Å². The van der Waals surface area contributed by atoms with Gasteiger partial charge in [-0.1, -0.05) is 53.5 Å². The summed E-state index contributed by atoms with van der Waals surface area (Å²) in [4.78, 5) is 4.20. The number of anilines is 1. The van der Waals surface area contributed by atoms with Crippen LogP contribution in [0.1, 0.15) is 11.1 Å². The summed E-state index contributed by atoms with van der Waals surface area (Å²) >= 11 is 17.3. The van der Waals surface area contributed by atoms with Gasteiger partial charge in [-0.15, -0.1) is 5.10 Å². The Kier molecular flexibility index (Phi) is 5.86. The quantitative estimate of drug-likeness (QED) is 0.640. The number of benzene rings is 2. The highest BCUT2D eigenvalue weighted by Crippen LogP contribution is 2.16. The molecule has 1 aromatic heterocycles. The minimum atomic E-state index is 0.431. The molecule has 0 bridgehead atoms. The molecule has 0 spiro atoms. The van der Waals surface area contributed by atoms with Crippen molar-refractivity contribution in [2.24, 2.45) is 0 Å². The van der Waals surface area contributed by atoms with Crippen molar-refractivity contribution in [3.05, 3.63) is 76.0 Å². The summed E-state index contributed by atoms with van der Waals surface area (Å²) < 4.78 is 1.70. The summed E-state index contributed by atoms with van der Waals surface area (Å²) in [7, 11) is 0. The van der Waals surface area contributed by atoms with Crippen LogP contribution in [0.4, 0.5) is 5.95 Å². The van der Waals surface area contributed by atoms with Crippen LogP contribution in [0, 0.1) is 0 Å². The second kappa shape index (κ2) is 8.29. The number of hydrogen-bond acceptors (Lipinski definition) is 3. The summed E-state index contributed by atoms with van der Waals surface area (Å²) in [5.41, 5.74) is 2.05. The van der Waals surface area contributed by atoms with Gasteiger partial charge in [0.2, 0.25) is 5.95 Å². The number of halogens is 2. The number of hydrogen-bond donors (Lipinski definition) is 2. The molecule has 3 rings (SSSR count). The van der Waals surface area contributed by atoms with Gasteiger partial charge in [-0.2, -0.15) is 0 Å². The fraction of sp³-hybridized carbons (Fsp3) is 0.118. The largest absolute Gasteiger partial charge is 0.358 e. The van der Waals surface area contributed by atoms with Gasteiger partial charge in [-0.25, -0.2) is 9.67 Å². The molecular weight excluding hydrogens is 377 g/mol. The van der Waals surface area contributed by atoms with Gasteiger partial charge in [0.25, 0.3) is 0 Å². The normalized spacial score (nSPS) is 10.5. The molecule has 0 unspecified atom stereocenters. The molecule has 8 heteroatoms. The maximum atomic E-state index is 6.16. The van der Waals surface area contributed by atoms with Gasteiger partial charge in [-0.3, -0.25) is 5.32 Å². The lowest BCUT2D eigenvalue weighted by Gasteiger charge is -2.08. The monoisotopic (exact) mass is 391 g/mol. The van der Waals surface area contributed by atoms with Crippen LogP contribution in [-0.4, -0.2) is 19.9 Å². The van der Waals surface area contributed by atoms with E-state index in [0.29, 0.717) is 34.2 Å². The molecule has 0 amide bonds. The van der Waals surface area contributed by atoms with Gasteiger partial charge in [0.05, 0.1) is 6.54 Å². The van der Waals surface area contributed by atoms with E-state index < -0.39 is 0 Å². The molecule has 0 radical (unpaired) electrons. The topological polar surface area (TPSA) is 54.8 Å². The third-order valence-electron chi connectivity index (χ3n) is 3.42. The molecule has 2 aromatic carbocycles. The van der Waals surface area contributed by atoms with Crippen LogP contribution in [0.3, 0.4) is 0 Å². The Morgan fingerprint density at radius 2 is 1.84 bits per heavy atom. The Bertz CT molecular complexity index is 863. The lowest BCUT2D eigenvalue weighted by atomic mass is 10.2. The van der Waals surface area contributed by atoms with E-state index in [1.54, 1.807) is 11.0 Å². The average Bonchev–Trinajstić information content (AvgIpc) is 3.03. The molecule has 0 aliphatic rings. The molecule has 0 aliphatic carbocycles. The maximum Gasteiger partial charge on any atom is 0.248 e. The number of aromatic nitrogens is 3. The van der Waals surface area contributed by atoms with Crippen molar-refractivity contribution in [3.8, 4) is 0 Å². The van der Waals surface area contributed by atoms with E-state index in [4.69, 9.17) is 35.4 Å². The van der Waals surface area contributed by atoms with E-state index >= 15 is 0 Å². The van der Waals surface area contributed by atoms with E-state index in [0.717, 1.165) is 11.1 Å². The second-order valence-electron chi connectivity index (χ2n) is 5.29. The zero-order chi connectivity index (χ0) is 17.6. The Balaban J connectivity index is 1.53. The first kappa shape index (κ1) is 17.7. The van der Waals surface area contributed by atoms with E-state index in [2.05, 4.69) is 20.7 Å². The molecule has 0 saturated heterocycles. The SMILES string of the molecule is S=C(NCc1ccc(Cl)cc1)Nc1ncn(Cc2ccccc2Cl)n1. The zero-order valence-corrected chi connectivity index (χ0v) is 15.4. The Labute approximate surface area is 161 Å². The van der Waals surface area contributed by atoms with Crippen molar-refractivity contribution in [1.82, 2.24) is 20.1 Å². The van der Waals surface area contributed by atoms with Crippen LogP contribution >= 0.6 is 35.4 Å². The molecule has 0 saturated carbocycles. The van der Waals surface area contributed by atoms with Gasteiger partial charge >= 0.3 is 0 Å². The lowest BCUT2D eigenvalue weighted by Crippen LogP contribution is -2.28. The molecule has 3 aromatic rings. The lowest BCUT2D eigenvalue weighted by molar-refractivity contribution is 0.687. The minimum absolute atomic E-state index is 0.431. The van der Waals surface area contributed by atoms with Crippen LogP contribution in [0.25, 0.3) is 0 Å². The van der Waals surface area contributed by atoms with Crippen molar-refractivity contribution < 1.29 is 0 Å². The molecule has 25 heavy (non-hydrogen) atoms. The highest BCUT2D eigenvalue weighted by atomic mass is 35.5. The van der Waals surface area contributed by atoms with Crippen molar-refractivity contribution in [3.63, 3.8) is 0 Å². The van der Waals surface area contributed by atoms with Crippen LogP contribution in [-0.2, 0) is 13.1 Å². The number of rotatable bonds is 5. The molecule has 128 valence electrons. The Morgan fingerprint density at radius 1 is 1.08 bits per heavy atom. The van der Waals surface area contributed by atoms with Crippen LogP contribution in [0.15, 0.2) is 54.9 Å². The van der Waals surface area contributed by atoms with Crippen LogP contribution in [0.2, 0.25) is 10.0 Å². The molecule has 0 fully saturated rings. The van der Waals surface area contributed by atoms with Gasteiger partial charge in [0.1, 0.15) is 6.33 Å². The summed E-state index contributed by atoms with van der Waals surface area (Å²) in [6.45, 7) is 1.13. The van der Waals surface area contributed by atoms with Crippen LogP contribution in [0.5, 0.6) is 0 Å². The highest BCUT2D eigenvalue weighted by Gasteiger charge is 2.06. The predicted molar refractivity (Wildman–Crippen MR) is 105 cm³/mol. The summed E-state index contributed by atoms with van der Waals surface area (Å²) in [6.07, 6.45) is 1.63. The Morgan fingerprint density at radius 3 is 2.60 bits per heavy atom. The fourth-order valence-electron chi connectivity index (χ4n) is 2.16. The first-order valence-corrected chi connectivity index (χ1v) is 8.69. The summed E-state index contributed by atoms with van der Waals surface area (Å²) in [5, 5.41) is 12.3. The van der Waals surface area contributed by atoms with Crippen LogP contribution < -0.4 is 10.6 Å². The zero-order valence-electron chi connectivity index (χ0n) is 13.1. The van der Waals surface area contributed by atoms with Crippen molar-refractivity contribution in [2.45, 2.75) is 13.1 Å². The third kappa shape index (κ3) is 5.16. The number of nitrogens with one attached hydrogen (secondary N) is 2. The smallest absolute Gasteiger partial charge is 0.248 e. The molecule has 5 nitrogen and oxygen atoms in total. The van der Waals surface area contributed by atoms with Gasteiger partial charge in [0, 0.05) is 16.6 Å². The molecule has 2 N–H and O–H groups in total. The number of nitrogens with zero attached hydrogens (tertiary/aromatic N) is 3. The van der Waals surface area contributed by atoms with E-state index in [1.165, 1.54) is 0 Å². The van der Waals surface area contributed by atoms with Gasteiger partial charge in [-0.05, 0) is 41.5 Å². The number of thiocarbonyl (C=S) groups is 1. The minimum Gasteiger partial charge on any atom is -0.358 e. The van der Waals surface area contributed by atoms with Crippen molar-refractivity contribution >= 4 is 46.5 Å². The summed E-state index contributed by atoms with van der Waals surface area (Å²) in [5.74, 6) is 0.431. The molecular formula is C17H15Cl2N5S. The third-order valence-corrected chi connectivity index (χ3v) is 4.29. The highest BCUT2D eigenvalue weighted by molar-refractivity contribution is 7.80.